The Balaban J connectivity index is 1.94. The smallest absolute Gasteiger partial charge is 0.257 e. The van der Waals surface area contributed by atoms with Crippen LogP contribution in [0.15, 0.2) is 18.6 Å². The first-order valence-electron chi connectivity index (χ1n) is 6.16. The highest BCUT2D eigenvalue weighted by Gasteiger charge is 2.07. The molecule has 0 saturated heterocycles. The second-order valence-electron chi connectivity index (χ2n) is 4.30. The molecule has 2 rings (SSSR count). The third-order valence-corrected chi connectivity index (χ3v) is 2.77. The van der Waals surface area contributed by atoms with E-state index in [-0.39, 0.29) is 6.54 Å². The number of hydrogen-bond acceptors (Lipinski definition) is 3. The molecule has 2 aromatic rings. The number of anilines is 1. The van der Waals surface area contributed by atoms with Crippen molar-refractivity contribution in [1.29, 1.82) is 0 Å². The Morgan fingerprint density at radius 1 is 1.32 bits per heavy atom. The van der Waals surface area contributed by atoms with Crippen molar-refractivity contribution < 1.29 is 8.78 Å². The van der Waals surface area contributed by atoms with Gasteiger partial charge in [0.05, 0.1) is 17.6 Å². The van der Waals surface area contributed by atoms with Crippen LogP contribution in [0.4, 0.5) is 14.5 Å². The molecule has 0 aliphatic rings. The summed E-state index contributed by atoms with van der Waals surface area (Å²) >= 11 is 0. The molecule has 0 spiro atoms. The maximum Gasteiger partial charge on any atom is 0.257 e. The van der Waals surface area contributed by atoms with Gasteiger partial charge in [-0.05, 0) is 13.8 Å². The minimum atomic E-state index is -2.38. The summed E-state index contributed by atoms with van der Waals surface area (Å²) in [7, 11) is 0. The van der Waals surface area contributed by atoms with Crippen LogP contribution in [0.5, 0.6) is 0 Å². The number of rotatable bonds is 6. The van der Waals surface area contributed by atoms with Crippen molar-refractivity contribution in [1.82, 2.24) is 19.6 Å². The van der Waals surface area contributed by atoms with Gasteiger partial charge in [0.25, 0.3) is 6.43 Å². The van der Waals surface area contributed by atoms with Crippen molar-refractivity contribution in [2.24, 2.45) is 0 Å². The van der Waals surface area contributed by atoms with Crippen LogP contribution in [0.1, 0.15) is 18.2 Å². The van der Waals surface area contributed by atoms with Crippen LogP contribution in [0.25, 0.3) is 0 Å². The number of alkyl halides is 2. The molecule has 0 radical (unpaired) electrons. The zero-order valence-corrected chi connectivity index (χ0v) is 11.0. The second kappa shape index (κ2) is 5.81. The van der Waals surface area contributed by atoms with E-state index in [2.05, 4.69) is 15.5 Å². The number of nitrogens with one attached hydrogen (secondary N) is 1. The highest BCUT2D eigenvalue weighted by Crippen LogP contribution is 2.13. The molecule has 5 nitrogen and oxygen atoms in total. The van der Waals surface area contributed by atoms with E-state index < -0.39 is 6.43 Å². The summed E-state index contributed by atoms with van der Waals surface area (Å²) in [5.41, 5.74) is 2.73. The Hall–Kier alpha value is -1.92. The molecule has 0 atom stereocenters. The summed E-state index contributed by atoms with van der Waals surface area (Å²) in [5, 5.41) is 11.4. The van der Waals surface area contributed by atoms with Crippen LogP contribution in [0, 0.1) is 6.92 Å². The number of nitrogens with zero attached hydrogens (tertiary/aromatic N) is 4. The topological polar surface area (TPSA) is 47.7 Å². The molecule has 0 bridgehead atoms. The van der Waals surface area contributed by atoms with Gasteiger partial charge in [0.15, 0.2) is 0 Å². The molecule has 0 fully saturated rings. The zero-order valence-electron chi connectivity index (χ0n) is 11.0. The number of hydrogen-bond donors (Lipinski definition) is 1. The van der Waals surface area contributed by atoms with Gasteiger partial charge in [-0.15, -0.1) is 0 Å². The molecular weight excluding hydrogens is 252 g/mol. The molecule has 0 aromatic carbocycles. The minimum Gasteiger partial charge on any atom is -0.378 e. The van der Waals surface area contributed by atoms with E-state index in [1.54, 1.807) is 12.4 Å². The largest absolute Gasteiger partial charge is 0.378 e. The first kappa shape index (κ1) is 13.5. The molecule has 19 heavy (non-hydrogen) atoms. The van der Waals surface area contributed by atoms with Crippen molar-refractivity contribution in [2.45, 2.75) is 39.9 Å². The Labute approximate surface area is 110 Å². The van der Waals surface area contributed by atoms with Gasteiger partial charge in [0, 0.05) is 31.0 Å². The minimum absolute atomic E-state index is 0.368. The molecule has 0 amide bonds. The second-order valence-corrected chi connectivity index (χ2v) is 4.30. The van der Waals surface area contributed by atoms with Gasteiger partial charge >= 0.3 is 0 Å². The van der Waals surface area contributed by atoms with E-state index in [1.165, 1.54) is 4.68 Å². The zero-order chi connectivity index (χ0) is 13.8. The third kappa shape index (κ3) is 3.52. The Kier molecular flexibility index (Phi) is 4.13. The standard InChI is InChI=1S/C12H17F2N5/c1-3-18-7-11(9(2)17-18)15-4-10-5-16-19(6-10)8-12(13)14/h5-7,12,15H,3-4,8H2,1-2H3. The molecule has 2 heterocycles. The molecule has 2 aromatic heterocycles. The summed E-state index contributed by atoms with van der Waals surface area (Å²) in [6, 6.07) is 0. The number of halogens is 2. The van der Waals surface area contributed by atoms with Crippen LogP contribution < -0.4 is 5.32 Å². The fourth-order valence-electron chi connectivity index (χ4n) is 1.79. The van der Waals surface area contributed by atoms with Gasteiger partial charge < -0.3 is 5.32 Å². The van der Waals surface area contributed by atoms with Gasteiger partial charge in [-0.25, -0.2) is 8.78 Å². The van der Waals surface area contributed by atoms with Crippen molar-refractivity contribution >= 4 is 5.69 Å². The van der Waals surface area contributed by atoms with Crippen molar-refractivity contribution in [3.63, 3.8) is 0 Å². The average molecular weight is 269 g/mol. The van der Waals surface area contributed by atoms with Crippen molar-refractivity contribution in [2.75, 3.05) is 5.32 Å². The monoisotopic (exact) mass is 269 g/mol. The highest BCUT2D eigenvalue weighted by atomic mass is 19.3. The summed E-state index contributed by atoms with van der Waals surface area (Å²) in [5.74, 6) is 0. The molecule has 1 N–H and O–H groups in total. The SMILES string of the molecule is CCn1cc(NCc2cnn(CC(F)F)c2)c(C)n1. The summed E-state index contributed by atoms with van der Waals surface area (Å²) < 4.78 is 27.5. The summed E-state index contributed by atoms with van der Waals surface area (Å²) in [6.07, 6.45) is 2.76. The lowest BCUT2D eigenvalue weighted by Crippen LogP contribution is -2.06. The van der Waals surface area contributed by atoms with Crippen LogP contribution >= 0.6 is 0 Å². The molecule has 0 aliphatic heterocycles. The predicted octanol–water partition coefficient (Wildman–Crippen LogP) is 2.29. The van der Waals surface area contributed by atoms with Crippen LogP contribution in [-0.2, 0) is 19.6 Å². The number of aryl methyl sites for hydroxylation is 2. The summed E-state index contributed by atoms with van der Waals surface area (Å²) in [6.45, 7) is 4.93. The molecule has 104 valence electrons. The molecule has 0 saturated carbocycles. The predicted molar refractivity (Wildman–Crippen MR) is 68.2 cm³/mol. The molecule has 0 aliphatic carbocycles. The van der Waals surface area contributed by atoms with Gasteiger partial charge in [-0.3, -0.25) is 9.36 Å². The highest BCUT2D eigenvalue weighted by molar-refractivity contribution is 5.45. The Bertz CT molecular complexity index is 532. The normalized spacial score (nSPS) is 11.2. The fourth-order valence-corrected chi connectivity index (χ4v) is 1.79. The molecule has 0 unspecified atom stereocenters. The molecule has 7 heteroatoms. The quantitative estimate of drug-likeness (QED) is 0.875. The average Bonchev–Trinajstić information content (AvgIpc) is 2.93. The van der Waals surface area contributed by atoms with Gasteiger partial charge in [0.1, 0.15) is 6.54 Å². The van der Waals surface area contributed by atoms with Gasteiger partial charge in [-0.1, -0.05) is 0 Å². The van der Waals surface area contributed by atoms with E-state index in [9.17, 15) is 8.78 Å². The Morgan fingerprint density at radius 3 is 2.74 bits per heavy atom. The van der Waals surface area contributed by atoms with Crippen LogP contribution in [-0.4, -0.2) is 26.0 Å². The maximum atomic E-state index is 12.2. The van der Waals surface area contributed by atoms with Crippen LogP contribution in [0.3, 0.4) is 0 Å². The number of aromatic nitrogens is 4. The van der Waals surface area contributed by atoms with E-state index in [1.807, 2.05) is 24.7 Å². The lowest BCUT2D eigenvalue weighted by Gasteiger charge is -2.02. The first-order valence-corrected chi connectivity index (χ1v) is 6.16. The fraction of sp³-hybridized carbons (Fsp3) is 0.500. The van der Waals surface area contributed by atoms with E-state index >= 15 is 0 Å². The van der Waals surface area contributed by atoms with Gasteiger partial charge in [-0.2, -0.15) is 10.2 Å². The van der Waals surface area contributed by atoms with Crippen molar-refractivity contribution in [3.8, 4) is 0 Å². The maximum absolute atomic E-state index is 12.2. The summed E-state index contributed by atoms with van der Waals surface area (Å²) in [4.78, 5) is 0. The lowest BCUT2D eigenvalue weighted by molar-refractivity contribution is 0.122. The first-order chi connectivity index (χ1) is 9.08. The molecular formula is C12H17F2N5. The third-order valence-electron chi connectivity index (χ3n) is 2.77. The van der Waals surface area contributed by atoms with E-state index in [0.717, 1.165) is 23.5 Å². The van der Waals surface area contributed by atoms with Crippen LogP contribution in [0.2, 0.25) is 0 Å². The van der Waals surface area contributed by atoms with E-state index in [0.29, 0.717) is 6.54 Å². The van der Waals surface area contributed by atoms with Gasteiger partial charge in [0.2, 0.25) is 0 Å². The van der Waals surface area contributed by atoms with Crippen molar-refractivity contribution in [3.05, 3.63) is 29.8 Å². The van der Waals surface area contributed by atoms with E-state index in [4.69, 9.17) is 0 Å². The Morgan fingerprint density at radius 2 is 2.11 bits per heavy atom. The lowest BCUT2D eigenvalue weighted by atomic mass is 10.3.